The van der Waals surface area contributed by atoms with Crippen molar-refractivity contribution in [2.45, 2.75) is 96.1 Å². The van der Waals surface area contributed by atoms with Gasteiger partial charge in [-0.15, -0.1) is 0 Å². The Hall–Kier alpha value is -0.0900. The van der Waals surface area contributed by atoms with Crippen LogP contribution >= 0.6 is 0 Å². The largest absolute Gasteiger partial charge is 0.300 e. The van der Waals surface area contributed by atoms with Gasteiger partial charge in [0.15, 0.2) is 10.0 Å². The van der Waals surface area contributed by atoms with Crippen LogP contribution in [0.25, 0.3) is 0 Å². The zero-order chi connectivity index (χ0) is 14.6. The monoisotopic (exact) mass is 291 g/mol. The molecule has 0 rings (SSSR count). The van der Waals surface area contributed by atoms with E-state index >= 15 is 0 Å². The number of hydrogen-bond donors (Lipinski definition) is 2. The van der Waals surface area contributed by atoms with Gasteiger partial charge >= 0.3 is 0 Å². The van der Waals surface area contributed by atoms with Crippen LogP contribution < -0.4 is 0 Å². The Morgan fingerprint density at radius 3 is 1.53 bits per heavy atom. The van der Waals surface area contributed by atoms with E-state index < -0.39 is 10.0 Å². The Balaban J connectivity index is 3.84. The fourth-order valence-corrected chi connectivity index (χ4v) is 3.39. The molecule has 0 heterocycles. The normalized spacial score (nSPS) is 14.7. The molecule has 1 atom stereocenters. The topological polar surface area (TPSA) is 61.2 Å². The van der Waals surface area contributed by atoms with E-state index in [9.17, 15) is 8.76 Å². The zero-order valence-corrected chi connectivity index (χ0v) is 13.6. The highest BCUT2D eigenvalue weighted by Crippen LogP contribution is 2.19. The second-order valence-corrected chi connectivity index (χ2v) is 7.40. The van der Waals surface area contributed by atoms with Crippen LogP contribution in [0, 0.1) is 4.78 Å². The van der Waals surface area contributed by atoms with Crippen molar-refractivity contribution >= 4 is 10.0 Å². The van der Waals surface area contributed by atoms with Gasteiger partial charge in [0.05, 0.1) is 5.25 Å². The zero-order valence-electron chi connectivity index (χ0n) is 12.8. The molecule has 0 radical (unpaired) electrons. The first kappa shape index (κ1) is 18.9. The van der Waals surface area contributed by atoms with Gasteiger partial charge in [-0.2, -0.15) is 0 Å². The molecule has 0 aromatic rings. The number of hydrogen-bond acceptors (Lipinski definition) is 2. The first-order chi connectivity index (χ1) is 9.02. The van der Waals surface area contributed by atoms with E-state index in [0.717, 1.165) is 38.5 Å². The minimum atomic E-state index is -3.35. The Labute approximate surface area is 120 Å². The lowest BCUT2D eigenvalue weighted by Crippen LogP contribution is -2.19. The number of unbranched alkanes of at least 4 members (excludes halogenated alkanes) is 8. The van der Waals surface area contributed by atoms with Crippen molar-refractivity contribution in [1.29, 1.82) is 4.78 Å². The molecule has 4 heteroatoms. The van der Waals surface area contributed by atoms with Crippen LogP contribution in [0.1, 0.15) is 90.9 Å². The van der Waals surface area contributed by atoms with Gasteiger partial charge in [0, 0.05) is 0 Å². The lowest BCUT2D eigenvalue weighted by atomic mass is 10.0. The van der Waals surface area contributed by atoms with Crippen molar-refractivity contribution in [3.05, 3.63) is 0 Å². The molecule has 0 aliphatic rings. The van der Waals surface area contributed by atoms with Gasteiger partial charge in [-0.1, -0.05) is 78.1 Å². The maximum absolute atomic E-state index is 11.5. The van der Waals surface area contributed by atoms with Gasteiger partial charge in [0.1, 0.15) is 0 Å². The summed E-state index contributed by atoms with van der Waals surface area (Å²) in [6.07, 6.45) is 13.1. The van der Waals surface area contributed by atoms with Crippen LogP contribution in [-0.2, 0) is 10.0 Å². The maximum atomic E-state index is 11.5. The molecule has 0 bridgehead atoms. The van der Waals surface area contributed by atoms with E-state index in [1.807, 2.05) is 0 Å². The predicted octanol–water partition coefficient (Wildman–Crippen LogP) is 5.60. The summed E-state index contributed by atoms with van der Waals surface area (Å²) in [5.74, 6) is 0. The minimum Gasteiger partial charge on any atom is -0.300 e. The maximum Gasteiger partial charge on any atom is 0.161 e. The van der Waals surface area contributed by atoms with Crippen LogP contribution in [0.5, 0.6) is 0 Å². The average Bonchev–Trinajstić information content (AvgIpc) is 2.34. The lowest BCUT2D eigenvalue weighted by Gasteiger charge is -2.15. The average molecular weight is 292 g/mol. The third-order valence-electron chi connectivity index (χ3n) is 3.71. The van der Waals surface area contributed by atoms with Crippen LogP contribution in [0.15, 0.2) is 0 Å². The molecule has 0 aromatic carbocycles. The molecular weight excluding hydrogens is 258 g/mol. The summed E-state index contributed by atoms with van der Waals surface area (Å²) >= 11 is 0. The molecule has 116 valence electrons. The fourth-order valence-electron chi connectivity index (χ4n) is 2.41. The Bertz CT molecular complexity index is 275. The van der Waals surface area contributed by atoms with Crippen molar-refractivity contribution in [2.24, 2.45) is 0 Å². The number of nitrogens with one attached hydrogen (secondary N) is 1. The van der Waals surface area contributed by atoms with Gasteiger partial charge in [-0.25, -0.2) is 8.99 Å². The molecule has 0 fully saturated rings. The van der Waals surface area contributed by atoms with Gasteiger partial charge in [0.25, 0.3) is 0 Å². The third-order valence-corrected chi connectivity index (χ3v) is 5.09. The van der Waals surface area contributed by atoms with Gasteiger partial charge in [-0.05, 0) is 12.8 Å². The molecule has 0 aliphatic heterocycles. The van der Waals surface area contributed by atoms with E-state index in [4.69, 9.17) is 4.78 Å². The van der Waals surface area contributed by atoms with Crippen molar-refractivity contribution in [3.8, 4) is 0 Å². The van der Waals surface area contributed by atoms with E-state index in [-0.39, 0.29) is 5.25 Å². The quantitative estimate of drug-likeness (QED) is 0.434. The molecular formula is C15H33NO2S. The third kappa shape index (κ3) is 11.4. The minimum absolute atomic E-state index is 0.309. The summed E-state index contributed by atoms with van der Waals surface area (Å²) in [6, 6.07) is 0. The molecule has 1 unspecified atom stereocenters. The fraction of sp³-hybridized carbons (Fsp3) is 1.00. The lowest BCUT2D eigenvalue weighted by molar-refractivity contribution is 0.488. The highest BCUT2D eigenvalue weighted by Gasteiger charge is 2.18. The summed E-state index contributed by atoms with van der Waals surface area (Å²) in [7, 11) is -3.35. The van der Waals surface area contributed by atoms with Crippen molar-refractivity contribution < 1.29 is 8.76 Å². The smallest absolute Gasteiger partial charge is 0.161 e. The second kappa shape index (κ2) is 11.7. The summed E-state index contributed by atoms with van der Waals surface area (Å²) in [5, 5.41) is -0.309. The summed E-state index contributed by atoms with van der Waals surface area (Å²) < 4.78 is 28.4. The Morgan fingerprint density at radius 1 is 0.842 bits per heavy atom. The van der Waals surface area contributed by atoms with Gasteiger partial charge < -0.3 is 4.55 Å². The molecule has 19 heavy (non-hydrogen) atoms. The summed E-state index contributed by atoms with van der Waals surface area (Å²) in [4.78, 5) is 0. The SMILES string of the molecule is CCCCCCCC(CCCCCCC)S(=N)(=O)O. The molecule has 0 aliphatic carbocycles. The Kier molecular flexibility index (Phi) is 11.7. The summed E-state index contributed by atoms with van der Waals surface area (Å²) in [5.41, 5.74) is 0. The van der Waals surface area contributed by atoms with Crippen LogP contribution in [0.4, 0.5) is 0 Å². The highest BCUT2D eigenvalue weighted by molar-refractivity contribution is 7.87. The first-order valence-corrected chi connectivity index (χ1v) is 9.60. The van der Waals surface area contributed by atoms with Crippen molar-refractivity contribution in [1.82, 2.24) is 0 Å². The molecule has 0 aromatic heterocycles. The van der Waals surface area contributed by atoms with Crippen molar-refractivity contribution in [2.75, 3.05) is 0 Å². The number of rotatable bonds is 13. The second-order valence-electron chi connectivity index (χ2n) is 5.60. The molecule has 0 spiro atoms. The standard InChI is InChI=1S/C15H33NO2S/c1-3-5-7-9-11-13-15(19(16,17)18)14-12-10-8-6-4-2/h15H,3-14H2,1-2H3,(H2,16,17,18). The molecule has 3 nitrogen and oxygen atoms in total. The van der Waals surface area contributed by atoms with Crippen molar-refractivity contribution in [3.63, 3.8) is 0 Å². The van der Waals surface area contributed by atoms with Crippen LogP contribution in [0.3, 0.4) is 0 Å². The van der Waals surface area contributed by atoms with Crippen LogP contribution in [-0.4, -0.2) is 14.0 Å². The van der Waals surface area contributed by atoms with E-state index in [2.05, 4.69) is 13.8 Å². The van der Waals surface area contributed by atoms with Crippen LogP contribution in [0.2, 0.25) is 0 Å². The highest BCUT2D eigenvalue weighted by atomic mass is 32.2. The molecule has 0 saturated carbocycles. The van der Waals surface area contributed by atoms with E-state index in [0.29, 0.717) is 0 Å². The Morgan fingerprint density at radius 2 is 1.21 bits per heavy atom. The first-order valence-electron chi connectivity index (χ1n) is 8.02. The van der Waals surface area contributed by atoms with E-state index in [1.54, 1.807) is 0 Å². The summed E-state index contributed by atoms with van der Waals surface area (Å²) in [6.45, 7) is 4.37. The van der Waals surface area contributed by atoms with E-state index in [1.165, 1.54) is 38.5 Å². The predicted molar refractivity (Wildman–Crippen MR) is 84.0 cm³/mol. The van der Waals surface area contributed by atoms with Gasteiger partial charge in [-0.3, -0.25) is 0 Å². The molecule has 2 N–H and O–H groups in total. The van der Waals surface area contributed by atoms with Gasteiger partial charge in [0.2, 0.25) is 0 Å². The molecule has 0 saturated heterocycles. The molecule has 0 amide bonds.